The maximum Gasteiger partial charge on any atom is 0.264 e. The molecule has 3 heterocycles. The van der Waals surface area contributed by atoms with Crippen LogP contribution in [0.15, 0.2) is 57.4 Å². The van der Waals surface area contributed by atoms with E-state index in [1.54, 1.807) is 30.3 Å². The highest BCUT2D eigenvalue weighted by molar-refractivity contribution is 6.36. The van der Waals surface area contributed by atoms with E-state index in [0.29, 0.717) is 44.7 Å². The summed E-state index contributed by atoms with van der Waals surface area (Å²) >= 11 is 25.3. The second kappa shape index (κ2) is 12.9. The summed E-state index contributed by atoms with van der Waals surface area (Å²) in [5.41, 5.74) is 0.819. The highest BCUT2D eigenvalue weighted by atomic mass is 35.5. The number of hydrazone groups is 1. The lowest BCUT2D eigenvalue weighted by Gasteiger charge is -2.31. The van der Waals surface area contributed by atoms with Crippen LogP contribution in [0.3, 0.4) is 0 Å². The third-order valence-corrected chi connectivity index (χ3v) is 10.0. The number of anilines is 1. The van der Waals surface area contributed by atoms with Crippen LogP contribution in [0.1, 0.15) is 36.4 Å². The summed E-state index contributed by atoms with van der Waals surface area (Å²) in [7, 11) is 0. The van der Waals surface area contributed by atoms with Crippen molar-refractivity contribution in [3.05, 3.63) is 102 Å². The molecule has 7 rings (SSSR count). The maximum absolute atomic E-state index is 14.7. The molecule has 0 bridgehead atoms. The van der Waals surface area contributed by atoms with Gasteiger partial charge in [-0.25, -0.2) is 31.9 Å². The predicted octanol–water partition coefficient (Wildman–Crippen LogP) is 8.11. The summed E-state index contributed by atoms with van der Waals surface area (Å²) in [5.74, 6) is -15.8. The molecule has 1 saturated carbocycles. The summed E-state index contributed by atoms with van der Waals surface area (Å²) < 4.78 is 71.0. The van der Waals surface area contributed by atoms with E-state index in [0.717, 1.165) is 17.0 Å². The Kier molecular flexibility index (Phi) is 8.86. The SMILES string of the molecule is O=C1[C@@H]2[C@@H](N=NN2CC(=O)N2N=C3/C(=C/c4ccc(Cl)cc4Cl)CCC[C@@H]3[C@@H]2c2ccc(Cl)cc2Cl)C(=O)N1c1c(F)c(F)c(F)c(F)c1F. The van der Waals surface area contributed by atoms with Gasteiger partial charge in [0.15, 0.2) is 35.4 Å². The molecule has 2 fully saturated rings. The molecule has 1 saturated heterocycles. The largest absolute Gasteiger partial charge is 0.271 e. The molecule has 50 heavy (non-hydrogen) atoms. The van der Waals surface area contributed by atoms with Crippen molar-refractivity contribution in [2.24, 2.45) is 21.4 Å². The van der Waals surface area contributed by atoms with Crippen LogP contribution in [-0.2, 0) is 14.4 Å². The lowest BCUT2D eigenvalue weighted by molar-refractivity contribution is -0.136. The first kappa shape index (κ1) is 34.3. The van der Waals surface area contributed by atoms with Crippen molar-refractivity contribution in [2.75, 3.05) is 11.4 Å². The Bertz CT molecular complexity index is 2090. The van der Waals surface area contributed by atoms with Crippen molar-refractivity contribution < 1.29 is 36.3 Å². The van der Waals surface area contributed by atoms with Crippen LogP contribution in [-0.4, -0.2) is 52.1 Å². The van der Waals surface area contributed by atoms with Gasteiger partial charge in [-0.3, -0.25) is 19.4 Å². The zero-order valence-electron chi connectivity index (χ0n) is 25.0. The van der Waals surface area contributed by atoms with Crippen LogP contribution >= 0.6 is 46.4 Å². The lowest BCUT2D eigenvalue weighted by Crippen LogP contribution is -2.45. The Balaban J connectivity index is 1.23. The molecular formula is C32H19Cl4F5N6O3. The molecule has 3 aromatic rings. The second-order valence-electron chi connectivity index (χ2n) is 11.8. The molecule has 3 aliphatic heterocycles. The quantitative estimate of drug-likeness (QED) is 0.113. The van der Waals surface area contributed by atoms with E-state index in [1.165, 1.54) is 11.1 Å². The van der Waals surface area contributed by atoms with Crippen LogP contribution in [0.5, 0.6) is 0 Å². The minimum atomic E-state index is -2.47. The molecule has 1 aliphatic carbocycles. The first-order chi connectivity index (χ1) is 23.8. The van der Waals surface area contributed by atoms with E-state index in [-0.39, 0.29) is 15.8 Å². The number of nitrogens with zero attached hydrogens (tertiary/aromatic N) is 6. The van der Waals surface area contributed by atoms with Crippen molar-refractivity contribution in [3.8, 4) is 0 Å². The topological polar surface area (TPSA) is 98.0 Å². The lowest BCUT2D eigenvalue weighted by atomic mass is 9.77. The minimum absolute atomic E-state index is 0.166. The van der Waals surface area contributed by atoms with Crippen LogP contribution in [0, 0.1) is 35.0 Å². The van der Waals surface area contributed by atoms with Crippen molar-refractivity contribution >= 4 is 81.6 Å². The van der Waals surface area contributed by atoms with Gasteiger partial charge in [-0.2, -0.15) is 10.2 Å². The fraction of sp³-hybridized carbons (Fsp3) is 0.250. The fourth-order valence-corrected chi connectivity index (χ4v) is 7.62. The van der Waals surface area contributed by atoms with Gasteiger partial charge in [0.1, 0.15) is 12.2 Å². The van der Waals surface area contributed by atoms with Gasteiger partial charge in [0, 0.05) is 26.0 Å². The number of rotatable bonds is 5. The van der Waals surface area contributed by atoms with Crippen LogP contribution in [0.4, 0.5) is 27.6 Å². The van der Waals surface area contributed by atoms with Gasteiger partial charge in [0.2, 0.25) is 5.82 Å². The number of hydrogen-bond acceptors (Lipinski definition) is 7. The number of hydrogen-bond donors (Lipinski definition) is 0. The molecule has 4 atom stereocenters. The molecule has 3 amide bonds. The smallest absolute Gasteiger partial charge is 0.264 e. The molecule has 0 spiro atoms. The second-order valence-corrected chi connectivity index (χ2v) is 13.5. The van der Waals surface area contributed by atoms with Gasteiger partial charge < -0.3 is 0 Å². The number of allylic oxidation sites excluding steroid dienone is 1. The highest BCUT2D eigenvalue weighted by Crippen LogP contribution is 2.47. The summed E-state index contributed by atoms with van der Waals surface area (Å²) in [6, 6.07) is 5.60. The van der Waals surface area contributed by atoms with E-state index in [2.05, 4.69) is 10.3 Å². The Morgan fingerprint density at radius 1 is 0.840 bits per heavy atom. The summed E-state index contributed by atoms with van der Waals surface area (Å²) in [6.45, 7) is -0.720. The molecular weight excluding hydrogens is 753 g/mol. The molecule has 0 N–H and O–H groups in total. The summed E-state index contributed by atoms with van der Waals surface area (Å²) in [5, 5.41) is 15.6. The first-order valence-corrected chi connectivity index (χ1v) is 16.4. The van der Waals surface area contributed by atoms with Crippen molar-refractivity contribution in [3.63, 3.8) is 0 Å². The highest BCUT2D eigenvalue weighted by Gasteiger charge is 2.57. The Labute approximate surface area is 299 Å². The Morgan fingerprint density at radius 2 is 1.48 bits per heavy atom. The minimum Gasteiger partial charge on any atom is -0.271 e. The molecule has 0 aromatic heterocycles. The van der Waals surface area contributed by atoms with E-state index < -0.39 is 77.2 Å². The molecule has 9 nitrogen and oxygen atoms in total. The van der Waals surface area contributed by atoms with Crippen molar-refractivity contribution in [1.82, 2.24) is 10.0 Å². The number of imide groups is 1. The summed E-state index contributed by atoms with van der Waals surface area (Å²) in [4.78, 5) is 40.4. The van der Waals surface area contributed by atoms with Crippen LogP contribution in [0.25, 0.3) is 6.08 Å². The molecule has 4 aliphatic rings. The average Bonchev–Trinajstić information content (AvgIpc) is 3.74. The van der Waals surface area contributed by atoms with Crippen LogP contribution in [0.2, 0.25) is 20.1 Å². The van der Waals surface area contributed by atoms with Gasteiger partial charge in [-0.15, -0.1) is 0 Å². The molecule has 3 aromatic carbocycles. The van der Waals surface area contributed by atoms with Gasteiger partial charge in [0.25, 0.3) is 17.7 Å². The number of amides is 3. The normalized spacial score (nSPS) is 23.7. The zero-order chi connectivity index (χ0) is 35.8. The van der Waals surface area contributed by atoms with Crippen molar-refractivity contribution in [1.29, 1.82) is 0 Å². The molecule has 18 heteroatoms. The number of halogens is 9. The number of benzene rings is 3. The van der Waals surface area contributed by atoms with Gasteiger partial charge in [0.05, 0.1) is 11.8 Å². The predicted molar refractivity (Wildman–Crippen MR) is 173 cm³/mol. The monoisotopic (exact) mass is 770 g/mol. The average molecular weight is 772 g/mol. The Hall–Kier alpha value is -4.11. The molecule has 258 valence electrons. The number of fused-ring (bicyclic) bond motifs is 2. The third-order valence-electron chi connectivity index (χ3n) is 8.90. The number of carbonyl (C=O) groups is 3. The van der Waals surface area contributed by atoms with E-state index in [9.17, 15) is 36.3 Å². The van der Waals surface area contributed by atoms with Gasteiger partial charge in [-0.1, -0.05) is 63.8 Å². The zero-order valence-corrected chi connectivity index (χ0v) is 28.0. The molecule has 0 radical (unpaired) electrons. The van der Waals surface area contributed by atoms with E-state index in [1.807, 2.05) is 6.08 Å². The molecule has 0 unspecified atom stereocenters. The van der Waals surface area contributed by atoms with Crippen molar-refractivity contribution in [2.45, 2.75) is 37.4 Å². The van der Waals surface area contributed by atoms with Gasteiger partial charge >= 0.3 is 0 Å². The number of carbonyl (C=O) groups excluding carboxylic acids is 3. The third kappa shape index (κ3) is 5.52. The van der Waals surface area contributed by atoms with E-state index in [4.69, 9.17) is 51.5 Å². The van der Waals surface area contributed by atoms with Gasteiger partial charge in [-0.05, 0) is 66.3 Å². The van der Waals surface area contributed by atoms with Crippen LogP contribution < -0.4 is 4.90 Å². The summed E-state index contributed by atoms with van der Waals surface area (Å²) in [6.07, 6.45) is 3.79. The standard InChI is InChI=1S/C32H19Cl4F5N6O3/c33-14-5-4-12(18(35)9-14)8-13-2-1-3-17-26(13)43-47(28(17)16-7-6-15(34)10-19(16)36)20(48)11-45-30-27(42-44-45)31(49)46(32(30)50)29-24(40)22(38)21(37)23(39)25(29)41/h4-10,17,27-28,30H,1-3,11H2/b13-8+/t17-,27+,28-,30-/m0/s1. The Morgan fingerprint density at radius 3 is 2.14 bits per heavy atom. The maximum atomic E-state index is 14.7. The fourth-order valence-electron chi connectivity index (χ4n) is 6.64. The van der Waals surface area contributed by atoms with E-state index >= 15 is 0 Å². The first-order valence-electron chi connectivity index (χ1n) is 14.9.